The van der Waals surface area contributed by atoms with Crippen LogP contribution in [0.5, 0.6) is 0 Å². The van der Waals surface area contributed by atoms with Gasteiger partial charge in [0.1, 0.15) is 4.99 Å². The predicted molar refractivity (Wildman–Crippen MR) is 77.4 cm³/mol. The maximum Gasteiger partial charge on any atom is 0.261 e. The Morgan fingerprint density at radius 1 is 1.11 bits per heavy atom. The summed E-state index contributed by atoms with van der Waals surface area (Å²) in [6.07, 6.45) is 3.02. The molecule has 1 aromatic heterocycles. The lowest BCUT2D eigenvalue weighted by atomic mass is 10.2. The third-order valence-electron chi connectivity index (χ3n) is 2.38. The lowest BCUT2D eigenvalue weighted by Crippen LogP contribution is -2.14. The minimum absolute atomic E-state index is 0.143. The first-order chi connectivity index (χ1) is 8.99. The van der Waals surface area contributed by atoms with Crippen molar-refractivity contribution >= 4 is 32.9 Å². The quantitative estimate of drug-likeness (QED) is 0.835. The molecule has 2 rings (SSSR count). The van der Waals surface area contributed by atoms with Gasteiger partial charge in [0, 0.05) is 18.0 Å². The van der Waals surface area contributed by atoms with Crippen LogP contribution in [0.2, 0.25) is 0 Å². The number of rotatable bonds is 4. The molecule has 2 aromatic rings. The van der Waals surface area contributed by atoms with Crippen LogP contribution in [0.4, 0.5) is 5.69 Å². The first kappa shape index (κ1) is 13.4. The summed E-state index contributed by atoms with van der Waals surface area (Å²) in [6, 6.07) is 9.20. The van der Waals surface area contributed by atoms with Crippen molar-refractivity contribution in [3.63, 3.8) is 0 Å². The number of hydrogen-bond acceptors (Lipinski definition) is 4. The molecule has 0 spiro atoms. The third-order valence-corrected chi connectivity index (χ3v) is 4.01. The van der Waals surface area contributed by atoms with E-state index in [1.54, 1.807) is 24.3 Å². The largest absolute Gasteiger partial charge is 0.389 e. The molecule has 0 aliphatic carbocycles. The number of sulfonamides is 1. The van der Waals surface area contributed by atoms with Crippen LogP contribution in [0.3, 0.4) is 0 Å². The van der Waals surface area contributed by atoms with Gasteiger partial charge >= 0.3 is 0 Å². The van der Waals surface area contributed by atoms with Crippen molar-refractivity contribution in [3.05, 3.63) is 54.4 Å². The van der Waals surface area contributed by atoms with Gasteiger partial charge in [-0.15, -0.1) is 0 Å². The van der Waals surface area contributed by atoms with Gasteiger partial charge in [-0.3, -0.25) is 9.71 Å². The number of nitrogens with two attached hydrogens (primary N) is 1. The fraction of sp³-hybridized carbons (Fsp3) is 0. The molecule has 3 N–H and O–H groups in total. The molecule has 0 aliphatic rings. The normalized spacial score (nSPS) is 10.9. The van der Waals surface area contributed by atoms with E-state index in [9.17, 15) is 8.42 Å². The van der Waals surface area contributed by atoms with E-state index in [1.807, 2.05) is 0 Å². The number of nitrogens with zero attached hydrogens (tertiary/aromatic N) is 1. The molecule has 0 saturated carbocycles. The van der Waals surface area contributed by atoms with Crippen LogP contribution in [0.15, 0.2) is 53.7 Å². The van der Waals surface area contributed by atoms with Crippen LogP contribution in [-0.4, -0.2) is 18.4 Å². The summed E-state index contributed by atoms with van der Waals surface area (Å²) in [5.41, 5.74) is 6.53. The molecule has 7 heteroatoms. The van der Waals surface area contributed by atoms with Gasteiger partial charge in [-0.05, 0) is 24.3 Å². The van der Waals surface area contributed by atoms with Gasteiger partial charge < -0.3 is 5.73 Å². The van der Waals surface area contributed by atoms with E-state index >= 15 is 0 Å². The molecule has 5 nitrogen and oxygen atoms in total. The molecule has 0 radical (unpaired) electrons. The molecule has 0 aliphatic heterocycles. The summed E-state index contributed by atoms with van der Waals surface area (Å²) >= 11 is 4.81. The van der Waals surface area contributed by atoms with Crippen molar-refractivity contribution < 1.29 is 8.42 Å². The Bertz CT molecular complexity index is 683. The molecule has 0 unspecified atom stereocenters. The first-order valence-electron chi connectivity index (χ1n) is 5.32. The van der Waals surface area contributed by atoms with Crippen molar-refractivity contribution in [3.8, 4) is 0 Å². The smallest absolute Gasteiger partial charge is 0.261 e. The molecule has 98 valence electrons. The lowest BCUT2D eigenvalue weighted by Gasteiger charge is -2.08. The van der Waals surface area contributed by atoms with Gasteiger partial charge in [0.05, 0.1) is 10.6 Å². The van der Waals surface area contributed by atoms with Crippen molar-refractivity contribution in [2.45, 2.75) is 4.90 Å². The van der Waals surface area contributed by atoms with Crippen molar-refractivity contribution in [2.75, 3.05) is 4.72 Å². The molecule has 1 aromatic carbocycles. The van der Waals surface area contributed by atoms with E-state index in [0.717, 1.165) is 0 Å². The molecule has 0 atom stereocenters. The van der Waals surface area contributed by atoms with E-state index in [2.05, 4.69) is 9.71 Å². The van der Waals surface area contributed by atoms with Gasteiger partial charge in [-0.2, -0.15) is 0 Å². The van der Waals surface area contributed by atoms with Gasteiger partial charge in [-0.25, -0.2) is 8.42 Å². The summed E-state index contributed by atoms with van der Waals surface area (Å²) in [5.74, 6) is 0. The number of pyridine rings is 1. The van der Waals surface area contributed by atoms with Crippen LogP contribution < -0.4 is 10.5 Å². The van der Waals surface area contributed by atoms with Crippen LogP contribution in [0, 0.1) is 0 Å². The molecule has 0 fully saturated rings. The number of thiocarbonyl (C=S) groups is 1. The molecular formula is C12H11N3O2S2. The zero-order valence-corrected chi connectivity index (χ0v) is 11.4. The zero-order chi connectivity index (χ0) is 13.9. The second-order valence-corrected chi connectivity index (χ2v) is 5.85. The number of hydrogen-bond donors (Lipinski definition) is 2. The highest BCUT2D eigenvalue weighted by molar-refractivity contribution is 7.92. The highest BCUT2D eigenvalue weighted by Gasteiger charge is 2.13. The predicted octanol–water partition coefficient (Wildman–Crippen LogP) is 1.52. The highest BCUT2D eigenvalue weighted by atomic mass is 32.2. The van der Waals surface area contributed by atoms with Crippen molar-refractivity contribution in [2.24, 2.45) is 5.73 Å². The average molecular weight is 293 g/mol. The Kier molecular flexibility index (Phi) is 3.77. The first-order valence-corrected chi connectivity index (χ1v) is 7.21. The summed E-state index contributed by atoms with van der Waals surface area (Å²) in [6.45, 7) is 0. The van der Waals surface area contributed by atoms with Gasteiger partial charge in [-0.1, -0.05) is 24.4 Å². The Morgan fingerprint density at radius 2 is 1.68 bits per heavy atom. The van der Waals surface area contributed by atoms with Crippen LogP contribution in [0.1, 0.15) is 5.56 Å². The van der Waals surface area contributed by atoms with E-state index in [-0.39, 0.29) is 9.88 Å². The SMILES string of the molecule is NC(=S)c1ccc(S(=O)(=O)Nc2ccncc2)cc1. The Hall–Kier alpha value is -1.99. The minimum Gasteiger partial charge on any atom is -0.389 e. The van der Waals surface area contributed by atoms with Crippen LogP contribution in [-0.2, 0) is 10.0 Å². The van der Waals surface area contributed by atoms with E-state index in [4.69, 9.17) is 18.0 Å². The van der Waals surface area contributed by atoms with E-state index < -0.39 is 10.0 Å². The molecule has 1 heterocycles. The molecular weight excluding hydrogens is 282 g/mol. The topological polar surface area (TPSA) is 85.1 Å². The standard InChI is InChI=1S/C12H11N3O2S2/c13-12(18)9-1-3-11(4-2-9)19(16,17)15-10-5-7-14-8-6-10/h1-8H,(H2,13,18)(H,14,15). The second-order valence-electron chi connectivity index (χ2n) is 3.73. The Morgan fingerprint density at radius 3 is 2.21 bits per heavy atom. The Labute approximate surface area is 116 Å². The number of aromatic nitrogens is 1. The summed E-state index contributed by atoms with van der Waals surface area (Å²) in [5, 5.41) is 0. The minimum atomic E-state index is -3.62. The summed E-state index contributed by atoms with van der Waals surface area (Å²) in [7, 11) is -3.62. The molecule has 0 bridgehead atoms. The van der Waals surface area contributed by atoms with Gasteiger partial charge in [0.25, 0.3) is 10.0 Å². The molecule has 19 heavy (non-hydrogen) atoms. The monoisotopic (exact) mass is 293 g/mol. The fourth-order valence-corrected chi connectivity index (χ4v) is 2.63. The summed E-state index contributed by atoms with van der Waals surface area (Å²) < 4.78 is 26.6. The average Bonchev–Trinajstić information content (AvgIpc) is 2.39. The van der Waals surface area contributed by atoms with Gasteiger partial charge in [0.15, 0.2) is 0 Å². The summed E-state index contributed by atoms with van der Waals surface area (Å²) in [4.78, 5) is 4.19. The third kappa shape index (κ3) is 3.27. The maximum atomic E-state index is 12.1. The van der Waals surface area contributed by atoms with Crippen molar-refractivity contribution in [1.82, 2.24) is 4.98 Å². The van der Waals surface area contributed by atoms with Crippen molar-refractivity contribution in [1.29, 1.82) is 0 Å². The zero-order valence-electron chi connectivity index (χ0n) is 9.78. The number of benzene rings is 1. The number of anilines is 1. The van der Waals surface area contributed by atoms with E-state index in [0.29, 0.717) is 11.3 Å². The maximum absolute atomic E-state index is 12.1. The van der Waals surface area contributed by atoms with Gasteiger partial charge in [0.2, 0.25) is 0 Å². The van der Waals surface area contributed by atoms with E-state index in [1.165, 1.54) is 24.5 Å². The number of nitrogens with one attached hydrogen (secondary N) is 1. The second kappa shape index (κ2) is 5.33. The fourth-order valence-electron chi connectivity index (χ4n) is 1.43. The van der Waals surface area contributed by atoms with Crippen LogP contribution in [0.25, 0.3) is 0 Å². The lowest BCUT2D eigenvalue weighted by molar-refractivity contribution is 0.601. The Balaban J connectivity index is 2.27. The highest BCUT2D eigenvalue weighted by Crippen LogP contribution is 2.15. The van der Waals surface area contributed by atoms with Crippen LogP contribution >= 0.6 is 12.2 Å². The molecule has 0 saturated heterocycles. The molecule has 0 amide bonds.